The van der Waals surface area contributed by atoms with Crippen molar-refractivity contribution in [2.45, 2.75) is 30.5 Å². The average Bonchev–Trinajstić information content (AvgIpc) is 2.34. The second kappa shape index (κ2) is 6.38. The molecule has 2 aromatic heterocycles. The standard InChI is InChI=1S/C12H16N6OS/c1-3-4-14-8-6-10(18-11(13)16-8)20-12-15-7(2)5-9(19)17-12/h5-6H,3-4H2,1-2H3,(H,15,17,19)(H3,13,14,16,18). The van der Waals surface area contributed by atoms with Crippen molar-refractivity contribution >= 4 is 23.5 Å². The summed E-state index contributed by atoms with van der Waals surface area (Å²) in [7, 11) is 0. The summed E-state index contributed by atoms with van der Waals surface area (Å²) in [4.78, 5) is 26.5. The normalized spacial score (nSPS) is 10.5. The number of hydrogen-bond acceptors (Lipinski definition) is 7. The molecule has 106 valence electrons. The number of H-pyrrole nitrogens is 1. The molecule has 0 fully saturated rings. The molecule has 0 amide bonds. The Bertz CT molecular complexity index is 657. The Labute approximate surface area is 120 Å². The van der Waals surface area contributed by atoms with Crippen LogP contribution in [0.1, 0.15) is 19.0 Å². The van der Waals surface area contributed by atoms with Gasteiger partial charge in [0.05, 0.1) is 0 Å². The van der Waals surface area contributed by atoms with E-state index in [0.717, 1.165) is 13.0 Å². The molecule has 0 unspecified atom stereocenters. The van der Waals surface area contributed by atoms with Crippen molar-refractivity contribution in [3.8, 4) is 0 Å². The minimum atomic E-state index is -0.189. The fraction of sp³-hybridized carbons (Fsp3) is 0.333. The topological polar surface area (TPSA) is 110 Å². The molecule has 8 heteroatoms. The second-order valence-corrected chi connectivity index (χ2v) is 5.18. The Morgan fingerprint density at radius 1 is 1.35 bits per heavy atom. The molecule has 0 atom stereocenters. The highest BCUT2D eigenvalue weighted by Crippen LogP contribution is 2.24. The number of nitrogen functional groups attached to an aromatic ring is 1. The summed E-state index contributed by atoms with van der Waals surface area (Å²) in [6.07, 6.45) is 0.985. The maximum atomic E-state index is 11.4. The molecule has 2 heterocycles. The van der Waals surface area contributed by atoms with Crippen molar-refractivity contribution in [3.05, 3.63) is 28.2 Å². The number of aromatic nitrogens is 4. The first-order chi connectivity index (χ1) is 9.56. The van der Waals surface area contributed by atoms with Gasteiger partial charge < -0.3 is 16.0 Å². The van der Waals surface area contributed by atoms with Crippen LogP contribution in [0, 0.1) is 6.92 Å². The number of rotatable bonds is 5. The zero-order valence-corrected chi connectivity index (χ0v) is 12.1. The van der Waals surface area contributed by atoms with Crippen LogP contribution in [-0.4, -0.2) is 26.5 Å². The average molecular weight is 292 g/mol. The van der Waals surface area contributed by atoms with Gasteiger partial charge in [0, 0.05) is 24.4 Å². The van der Waals surface area contributed by atoms with Gasteiger partial charge in [-0.05, 0) is 25.1 Å². The van der Waals surface area contributed by atoms with Crippen LogP contribution >= 0.6 is 11.8 Å². The van der Waals surface area contributed by atoms with E-state index in [0.29, 0.717) is 21.7 Å². The third kappa shape index (κ3) is 3.95. The van der Waals surface area contributed by atoms with Crippen LogP contribution in [0.15, 0.2) is 27.1 Å². The van der Waals surface area contributed by atoms with Gasteiger partial charge in [0.1, 0.15) is 10.8 Å². The minimum absolute atomic E-state index is 0.184. The molecular formula is C12H16N6OS. The Balaban J connectivity index is 2.23. The van der Waals surface area contributed by atoms with Crippen molar-refractivity contribution in [1.82, 2.24) is 19.9 Å². The molecule has 0 radical (unpaired) electrons. The quantitative estimate of drug-likeness (QED) is 0.564. The summed E-state index contributed by atoms with van der Waals surface area (Å²) in [6, 6.07) is 3.21. The molecule has 0 spiro atoms. The highest BCUT2D eigenvalue weighted by Gasteiger charge is 2.06. The molecule has 0 aliphatic heterocycles. The smallest absolute Gasteiger partial charge is 0.251 e. The number of aryl methyl sites for hydroxylation is 1. The van der Waals surface area contributed by atoms with E-state index < -0.39 is 0 Å². The number of anilines is 2. The molecule has 0 bridgehead atoms. The van der Waals surface area contributed by atoms with Gasteiger partial charge in [0.15, 0.2) is 5.16 Å². The fourth-order valence-corrected chi connectivity index (χ4v) is 2.39. The van der Waals surface area contributed by atoms with Crippen LogP contribution in [0.3, 0.4) is 0 Å². The largest absolute Gasteiger partial charge is 0.370 e. The summed E-state index contributed by atoms with van der Waals surface area (Å²) in [5, 5.41) is 4.26. The summed E-state index contributed by atoms with van der Waals surface area (Å²) < 4.78 is 0. The van der Waals surface area contributed by atoms with Gasteiger partial charge in [-0.1, -0.05) is 6.92 Å². The van der Waals surface area contributed by atoms with Crippen LogP contribution in [0.4, 0.5) is 11.8 Å². The first-order valence-corrected chi connectivity index (χ1v) is 7.02. The van der Waals surface area contributed by atoms with Crippen molar-refractivity contribution in [2.75, 3.05) is 17.6 Å². The molecule has 2 aromatic rings. The molecule has 7 nitrogen and oxygen atoms in total. The number of aromatic amines is 1. The summed E-state index contributed by atoms with van der Waals surface area (Å²) in [5.41, 5.74) is 6.14. The van der Waals surface area contributed by atoms with Crippen molar-refractivity contribution in [3.63, 3.8) is 0 Å². The van der Waals surface area contributed by atoms with E-state index in [2.05, 4.69) is 32.2 Å². The van der Waals surface area contributed by atoms with Crippen molar-refractivity contribution in [2.24, 2.45) is 0 Å². The number of hydrogen-bond donors (Lipinski definition) is 3. The van der Waals surface area contributed by atoms with E-state index >= 15 is 0 Å². The van der Waals surface area contributed by atoms with Gasteiger partial charge in [-0.15, -0.1) is 0 Å². The Morgan fingerprint density at radius 3 is 2.85 bits per heavy atom. The monoisotopic (exact) mass is 292 g/mol. The van der Waals surface area contributed by atoms with Gasteiger partial charge in [0.2, 0.25) is 5.95 Å². The van der Waals surface area contributed by atoms with Gasteiger partial charge in [-0.25, -0.2) is 9.97 Å². The lowest BCUT2D eigenvalue weighted by atomic mass is 10.4. The van der Waals surface area contributed by atoms with Gasteiger partial charge in [-0.2, -0.15) is 4.98 Å². The third-order valence-electron chi connectivity index (χ3n) is 2.33. The van der Waals surface area contributed by atoms with Crippen LogP contribution in [0.25, 0.3) is 0 Å². The first kappa shape index (κ1) is 14.3. The van der Waals surface area contributed by atoms with E-state index in [1.54, 1.807) is 13.0 Å². The number of nitrogens with two attached hydrogens (primary N) is 1. The minimum Gasteiger partial charge on any atom is -0.370 e. The van der Waals surface area contributed by atoms with Crippen molar-refractivity contribution < 1.29 is 0 Å². The van der Waals surface area contributed by atoms with E-state index in [1.165, 1.54) is 17.8 Å². The lowest BCUT2D eigenvalue weighted by molar-refractivity contribution is 0.900. The maximum Gasteiger partial charge on any atom is 0.251 e. The molecule has 2 rings (SSSR count). The number of nitrogens with zero attached hydrogens (tertiary/aromatic N) is 3. The van der Waals surface area contributed by atoms with Gasteiger partial charge in [0.25, 0.3) is 5.56 Å². The Hall–Kier alpha value is -2.09. The van der Waals surface area contributed by atoms with Crippen LogP contribution in [0.2, 0.25) is 0 Å². The highest BCUT2D eigenvalue weighted by molar-refractivity contribution is 7.99. The Kier molecular flexibility index (Phi) is 4.57. The van der Waals surface area contributed by atoms with E-state index in [4.69, 9.17) is 5.73 Å². The van der Waals surface area contributed by atoms with Crippen LogP contribution < -0.4 is 16.6 Å². The van der Waals surface area contributed by atoms with Crippen LogP contribution in [-0.2, 0) is 0 Å². The lowest BCUT2D eigenvalue weighted by Gasteiger charge is -2.07. The Morgan fingerprint density at radius 2 is 2.15 bits per heavy atom. The molecular weight excluding hydrogens is 276 g/mol. The predicted octanol–water partition coefficient (Wildman–Crippen LogP) is 1.42. The summed E-state index contributed by atoms with van der Waals surface area (Å²) >= 11 is 1.24. The van der Waals surface area contributed by atoms with E-state index in [-0.39, 0.29) is 11.5 Å². The lowest BCUT2D eigenvalue weighted by Crippen LogP contribution is -2.08. The zero-order chi connectivity index (χ0) is 14.5. The second-order valence-electron chi connectivity index (χ2n) is 4.17. The SMILES string of the molecule is CCCNc1cc(Sc2nc(C)cc(=O)[nH]2)nc(N)n1. The molecule has 0 aliphatic rings. The molecule has 20 heavy (non-hydrogen) atoms. The summed E-state index contributed by atoms with van der Waals surface area (Å²) in [6.45, 7) is 4.64. The molecule has 0 saturated heterocycles. The zero-order valence-electron chi connectivity index (χ0n) is 11.3. The maximum absolute atomic E-state index is 11.4. The predicted molar refractivity (Wildman–Crippen MR) is 78.9 cm³/mol. The molecule has 0 aliphatic carbocycles. The molecule has 0 saturated carbocycles. The van der Waals surface area contributed by atoms with E-state index in [9.17, 15) is 4.79 Å². The molecule has 4 N–H and O–H groups in total. The van der Waals surface area contributed by atoms with Gasteiger partial charge >= 0.3 is 0 Å². The summed E-state index contributed by atoms with van der Waals surface area (Å²) in [5.74, 6) is 0.848. The highest BCUT2D eigenvalue weighted by atomic mass is 32.2. The number of nitrogens with one attached hydrogen (secondary N) is 2. The van der Waals surface area contributed by atoms with E-state index in [1.807, 2.05) is 0 Å². The molecule has 0 aromatic carbocycles. The fourth-order valence-electron chi connectivity index (χ4n) is 1.54. The van der Waals surface area contributed by atoms with Crippen LogP contribution in [0.5, 0.6) is 0 Å². The van der Waals surface area contributed by atoms with Crippen molar-refractivity contribution in [1.29, 1.82) is 0 Å². The third-order valence-corrected chi connectivity index (χ3v) is 3.13. The van der Waals surface area contributed by atoms with Gasteiger partial charge in [-0.3, -0.25) is 4.79 Å². The first-order valence-electron chi connectivity index (χ1n) is 6.21.